The number of carbonyl (C=O) groups excluding carboxylic acids is 1. The molecule has 1 aromatic heterocycles. The molecule has 2 saturated heterocycles. The van der Waals surface area contributed by atoms with Crippen molar-refractivity contribution in [3.8, 4) is 0 Å². The predicted octanol–water partition coefficient (Wildman–Crippen LogP) is 2.98. The predicted molar refractivity (Wildman–Crippen MR) is 90.0 cm³/mol. The SMILES string of the molecule is CC[C@H](C)N1C[C@@]2(CCCN(Cc3sc(C)nc3C)C2)C1=O. The van der Waals surface area contributed by atoms with Crippen molar-refractivity contribution in [2.24, 2.45) is 5.41 Å². The minimum Gasteiger partial charge on any atom is -0.338 e. The summed E-state index contributed by atoms with van der Waals surface area (Å²) >= 11 is 1.80. The second kappa shape index (κ2) is 5.93. The van der Waals surface area contributed by atoms with E-state index in [1.54, 1.807) is 11.3 Å². The van der Waals surface area contributed by atoms with Crippen LogP contribution in [0.15, 0.2) is 0 Å². The Hall–Kier alpha value is -0.940. The highest BCUT2D eigenvalue weighted by molar-refractivity contribution is 7.11. The maximum absolute atomic E-state index is 12.7. The van der Waals surface area contributed by atoms with Gasteiger partial charge in [-0.15, -0.1) is 11.3 Å². The van der Waals surface area contributed by atoms with Crippen LogP contribution in [0.25, 0.3) is 0 Å². The molecular formula is C17H27N3OS. The number of hydrogen-bond donors (Lipinski definition) is 0. The van der Waals surface area contributed by atoms with Gasteiger partial charge in [-0.25, -0.2) is 4.98 Å². The number of piperidine rings is 1. The fourth-order valence-corrected chi connectivity index (χ4v) is 4.82. The van der Waals surface area contributed by atoms with Gasteiger partial charge in [0.15, 0.2) is 0 Å². The molecule has 122 valence electrons. The lowest BCUT2D eigenvalue weighted by Crippen LogP contribution is -2.68. The molecule has 5 heteroatoms. The summed E-state index contributed by atoms with van der Waals surface area (Å²) in [7, 11) is 0. The summed E-state index contributed by atoms with van der Waals surface area (Å²) in [4.78, 5) is 23.1. The number of aromatic nitrogens is 1. The molecule has 22 heavy (non-hydrogen) atoms. The van der Waals surface area contributed by atoms with Gasteiger partial charge in [-0.2, -0.15) is 0 Å². The van der Waals surface area contributed by atoms with Crippen molar-refractivity contribution >= 4 is 17.2 Å². The second-order valence-electron chi connectivity index (χ2n) is 7.03. The molecule has 0 bridgehead atoms. The molecule has 0 N–H and O–H groups in total. The summed E-state index contributed by atoms with van der Waals surface area (Å²) in [6.07, 6.45) is 3.25. The summed E-state index contributed by atoms with van der Waals surface area (Å²) < 4.78 is 0. The topological polar surface area (TPSA) is 36.4 Å². The summed E-state index contributed by atoms with van der Waals surface area (Å²) in [5.41, 5.74) is 1.07. The van der Waals surface area contributed by atoms with Gasteiger partial charge in [0, 0.05) is 30.6 Å². The Morgan fingerprint density at radius 3 is 2.73 bits per heavy atom. The minimum absolute atomic E-state index is 0.0880. The van der Waals surface area contributed by atoms with E-state index in [1.165, 1.54) is 4.88 Å². The molecule has 3 rings (SSSR count). The molecule has 2 aliphatic heterocycles. The third kappa shape index (κ3) is 2.69. The van der Waals surface area contributed by atoms with E-state index in [0.29, 0.717) is 11.9 Å². The third-order valence-electron chi connectivity index (χ3n) is 5.33. The molecule has 2 aliphatic rings. The number of likely N-dealkylation sites (tertiary alicyclic amines) is 2. The zero-order valence-corrected chi connectivity index (χ0v) is 15.0. The Morgan fingerprint density at radius 1 is 1.36 bits per heavy atom. The highest BCUT2D eigenvalue weighted by Crippen LogP contribution is 2.42. The van der Waals surface area contributed by atoms with E-state index in [9.17, 15) is 4.79 Å². The molecule has 2 atom stereocenters. The van der Waals surface area contributed by atoms with Gasteiger partial charge in [0.2, 0.25) is 5.91 Å². The Kier molecular flexibility index (Phi) is 4.29. The molecule has 0 aliphatic carbocycles. The van der Waals surface area contributed by atoms with Crippen LogP contribution >= 0.6 is 11.3 Å². The van der Waals surface area contributed by atoms with Crippen LogP contribution in [0.2, 0.25) is 0 Å². The average Bonchev–Trinajstić information content (AvgIpc) is 2.82. The van der Waals surface area contributed by atoms with E-state index >= 15 is 0 Å². The zero-order valence-electron chi connectivity index (χ0n) is 14.2. The molecule has 3 heterocycles. The first kappa shape index (κ1) is 15.9. The third-order valence-corrected chi connectivity index (χ3v) is 6.39. The highest BCUT2D eigenvalue weighted by atomic mass is 32.1. The van der Waals surface area contributed by atoms with E-state index in [2.05, 4.69) is 42.5 Å². The number of amides is 1. The maximum atomic E-state index is 12.7. The van der Waals surface area contributed by atoms with Gasteiger partial charge in [-0.05, 0) is 46.6 Å². The van der Waals surface area contributed by atoms with Crippen molar-refractivity contribution in [1.82, 2.24) is 14.8 Å². The van der Waals surface area contributed by atoms with E-state index in [0.717, 1.165) is 56.1 Å². The molecule has 4 nitrogen and oxygen atoms in total. The summed E-state index contributed by atoms with van der Waals surface area (Å²) in [6, 6.07) is 0.389. The van der Waals surface area contributed by atoms with Crippen molar-refractivity contribution in [3.05, 3.63) is 15.6 Å². The Bertz CT molecular complexity index is 570. The molecule has 0 unspecified atom stereocenters. The smallest absolute Gasteiger partial charge is 0.232 e. The molecule has 1 amide bonds. The Morgan fingerprint density at radius 2 is 2.14 bits per heavy atom. The Balaban J connectivity index is 1.65. The molecule has 0 saturated carbocycles. The fourth-order valence-electron chi connectivity index (χ4n) is 3.84. The van der Waals surface area contributed by atoms with E-state index in [1.807, 2.05) is 0 Å². The standard InChI is InChI=1S/C17H27N3OS/c1-5-12(2)20-11-17(16(20)21)7-6-8-19(10-17)9-15-13(3)18-14(4)22-15/h12H,5-11H2,1-4H3/t12-,17-/m0/s1. The van der Waals surface area contributed by atoms with Gasteiger partial charge in [-0.3, -0.25) is 9.69 Å². The molecule has 0 radical (unpaired) electrons. The van der Waals surface area contributed by atoms with Crippen LogP contribution in [0.3, 0.4) is 0 Å². The molecule has 1 spiro atoms. The lowest BCUT2D eigenvalue weighted by molar-refractivity contribution is -0.170. The van der Waals surface area contributed by atoms with Crippen LogP contribution in [0.5, 0.6) is 0 Å². The van der Waals surface area contributed by atoms with Gasteiger partial charge in [-0.1, -0.05) is 6.92 Å². The fraction of sp³-hybridized carbons (Fsp3) is 0.765. The summed E-state index contributed by atoms with van der Waals surface area (Å²) in [5, 5.41) is 1.14. The number of aryl methyl sites for hydroxylation is 2. The number of thiazole rings is 1. The summed E-state index contributed by atoms with van der Waals surface area (Å²) in [6.45, 7) is 12.4. The van der Waals surface area contributed by atoms with Gasteiger partial charge < -0.3 is 4.90 Å². The van der Waals surface area contributed by atoms with Gasteiger partial charge >= 0.3 is 0 Å². The average molecular weight is 321 g/mol. The van der Waals surface area contributed by atoms with E-state index in [-0.39, 0.29) is 5.41 Å². The minimum atomic E-state index is -0.0880. The highest BCUT2D eigenvalue weighted by Gasteiger charge is 2.54. The van der Waals surface area contributed by atoms with Gasteiger partial charge in [0.05, 0.1) is 16.1 Å². The van der Waals surface area contributed by atoms with Crippen LogP contribution in [0.1, 0.15) is 48.7 Å². The van der Waals surface area contributed by atoms with Gasteiger partial charge in [0.1, 0.15) is 0 Å². The molecule has 1 aromatic rings. The van der Waals surface area contributed by atoms with Crippen molar-refractivity contribution in [2.45, 2.75) is 59.5 Å². The number of carbonyl (C=O) groups is 1. The second-order valence-corrected chi connectivity index (χ2v) is 8.31. The first-order valence-corrected chi connectivity index (χ1v) is 9.23. The van der Waals surface area contributed by atoms with Gasteiger partial charge in [0.25, 0.3) is 0 Å². The zero-order chi connectivity index (χ0) is 15.9. The molecule has 2 fully saturated rings. The van der Waals surface area contributed by atoms with Crippen LogP contribution in [-0.2, 0) is 11.3 Å². The van der Waals surface area contributed by atoms with Crippen LogP contribution in [0, 0.1) is 19.3 Å². The monoisotopic (exact) mass is 321 g/mol. The van der Waals surface area contributed by atoms with Crippen LogP contribution in [-0.4, -0.2) is 46.4 Å². The molecular weight excluding hydrogens is 294 g/mol. The number of nitrogens with zero attached hydrogens (tertiary/aromatic N) is 3. The first-order valence-electron chi connectivity index (χ1n) is 8.41. The number of β-lactam (4-membered cyclic amide) rings is 1. The van der Waals surface area contributed by atoms with Crippen LogP contribution in [0.4, 0.5) is 0 Å². The lowest BCUT2D eigenvalue weighted by Gasteiger charge is -2.55. The van der Waals surface area contributed by atoms with Crippen molar-refractivity contribution in [1.29, 1.82) is 0 Å². The normalized spacial score (nSPS) is 27.3. The Labute approximate surface area is 137 Å². The van der Waals surface area contributed by atoms with Crippen molar-refractivity contribution < 1.29 is 4.79 Å². The summed E-state index contributed by atoms with van der Waals surface area (Å²) in [5.74, 6) is 0.392. The van der Waals surface area contributed by atoms with E-state index < -0.39 is 0 Å². The number of rotatable bonds is 4. The van der Waals surface area contributed by atoms with Crippen molar-refractivity contribution in [2.75, 3.05) is 19.6 Å². The number of hydrogen-bond acceptors (Lipinski definition) is 4. The quantitative estimate of drug-likeness (QED) is 0.800. The molecule has 0 aromatic carbocycles. The maximum Gasteiger partial charge on any atom is 0.232 e. The first-order chi connectivity index (χ1) is 10.4. The van der Waals surface area contributed by atoms with Crippen LogP contribution < -0.4 is 0 Å². The lowest BCUT2D eigenvalue weighted by atomic mass is 9.71. The van der Waals surface area contributed by atoms with E-state index in [4.69, 9.17) is 0 Å². The van der Waals surface area contributed by atoms with Crippen molar-refractivity contribution in [3.63, 3.8) is 0 Å². The largest absolute Gasteiger partial charge is 0.338 e.